The van der Waals surface area contributed by atoms with E-state index in [1.54, 1.807) is 6.92 Å². The third-order valence-corrected chi connectivity index (χ3v) is 1.48. The number of hydrogen-bond acceptors (Lipinski definition) is 4. The van der Waals surface area contributed by atoms with Crippen molar-refractivity contribution < 1.29 is 19.4 Å². The Balaban J connectivity index is 3.80. The van der Waals surface area contributed by atoms with Crippen LogP contribution in [0.25, 0.3) is 0 Å². The van der Waals surface area contributed by atoms with E-state index in [1.807, 2.05) is 0 Å². The molecular formula is C10H17NO4. The Morgan fingerprint density at radius 1 is 1.47 bits per heavy atom. The molecule has 0 aliphatic carbocycles. The minimum Gasteiger partial charge on any atom is -0.463 e. The van der Waals surface area contributed by atoms with Gasteiger partial charge in [-0.05, 0) is 20.8 Å². The highest BCUT2D eigenvalue weighted by atomic mass is 16.5. The molecule has 15 heavy (non-hydrogen) atoms. The summed E-state index contributed by atoms with van der Waals surface area (Å²) in [7, 11) is 0. The number of carbonyl (C=O) groups excluding carboxylic acids is 2. The molecule has 1 amide bonds. The molecule has 0 aliphatic rings. The molecule has 0 fully saturated rings. The molecule has 0 aromatic carbocycles. The SMILES string of the molecule is CCOC(=O)/C=C/CNC(=O)C(C)(C)O. The Morgan fingerprint density at radius 3 is 2.53 bits per heavy atom. The summed E-state index contributed by atoms with van der Waals surface area (Å²) in [5.41, 5.74) is -1.40. The van der Waals surface area contributed by atoms with E-state index in [0.717, 1.165) is 0 Å². The highest BCUT2D eigenvalue weighted by Gasteiger charge is 2.22. The van der Waals surface area contributed by atoms with Gasteiger partial charge in [-0.2, -0.15) is 0 Å². The van der Waals surface area contributed by atoms with Crippen molar-refractivity contribution in [2.24, 2.45) is 0 Å². The van der Waals surface area contributed by atoms with E-state index in [-0.39, 0.29) is 6.54 Å². The van der Waals surface area contributed by atoms with Crippen molar-refractivity contribution in [1.82, 2.24) is 5.32 Å². The molecule has 0 aromatic rings. The van der Waals surface area contributed by atoms with Gasteiger partial charge in [0.2, 0.25) is 0 Å². The van der Waals surface area contributed by atoms with Gasteiger partial charge in [-0.25, -0.2) is 4.79 Å². The van der Waals surface area contributed by atoms with Crippen LogP contribution in [0.4, 0.5) is 0 Å². The molecule has 0 saturated heterocycles. The molecule has 5 heteroatoms. The maximum absolute atomic E-state index is 11.1. The minimum absolute atomic E-state index is 0.182. The molecule has 0 radical (unpaired) electrons. The Labute approximate surface area is 89.1 Å². The topological polar surface area (TPSA) is 75.6 Å². The van der Waals surface area contributed by atoms with Gasteiger partial charge in [-0.15, -0.1) is 0 Å². The second-order valence-corrected chi connectivity index (χ2v) is 3.42. The van der Waals surface area contributed by atoms with Crippen LogP contribution in [0.5, 0.6) is 0 Å². The fourth-order valence-corrected chi connectivity index (χ4v) is 0.713. The highest BCUT2D eigenvalue weighted by molar-refractivity contribution is 5.84. The smallest absolute Gasteiger partial charge is 0.330 e. The van der Waals surface area contributed by atoms with Crippen molar-refractivity contribution in [2.45, 2.75) is 26.4 Å². The second-order valence-electron chi connectivity index (χ2n) is 3.42. The van der Waals surface area contributed by atoms with Crippen LogP contribution in [-0.2, 0) is 14.3 Å². The number of esters is 1. The number of hydrogen-bond donors (Lipinski definition) is 2. The molecule has 0 spiro atoms. The van der Waals surface area contributed by atoms with E-state index >= 15 is 0 Å². The molecule has 0 rings (SSSR count). The predicted octanol–water partition coefficient (Wildman–Crippen LogP) is -0.00720. The van der Waals surface area contributed by atoms with Crippen molar-refractivity contribution >= 4 is 11.9 Å². The first-order valence-electron chi connectivity index (χ1n) is 4.72. The van der Waals surface area contributed by atoms with Gasteiger partial charge in [-0.1, -0.05) is 6.08 Å². The third kappa shape index (κ3) is 6.68. The van der Waals surface area contributed by atoms with Crippen molar-refractivity contribution in [1.29, 1.82) is 0 Å². The molecule has 0 atom stereocenters. The van der Waals surface area contributed by atoms with Gasteiger partial charge in [0.1, 0.15) is 5.60 Å². The van der Waals surface area contributed by atoms with Crippen LogP contribution >= 0.6 is 0 Å². The first kappa shape index (κ1) is 13.6. The molecular weight excluding hydrogens is 198 g/mol. The van der Waals surface area contributed by atoms with Crippen LogP contribution in [-0.4, -0.2) is 35.7 Å². The summed E-state index contributed by atoms with van der Waals surface area (Å²) in [6.45, 7) is 4.98. The lowest BCUT2D eigenvalue weighted by Crippen LogP contribution is -2.41. The lowest BCUT2D eigenvalue weighted by molar-refractivity contribution is -0.137. The number of nitrogens with one attached hydrogen (secondary N) is 1. The number of aliphatic hydroxyl groups is 1. The monoisotopic (exact) mass is 215 g/mol. The maximum atomic E-state index is 11.1. The number of rotatable bonds is 5. The van der Waals surface area contributed by atoms with Crippen molar-refractivity contribution in [2.75, 3.05) is 13.2 Å². The molecule has 0 bridgehead atoms. The van der Waals surface area contributed by atoms with E-state index in [4.69, 9.17) is 0 Å². The van der Waals surface area contributed by atoms with Gasteiger partial charge >= 0.3 is 5.97 Å². The van der Waals surface area contributed by atoms with Gasteiger partial charge in [0, 0.05) is 12.6 Å². The van der Waals surface area contributed by atoms with Gasteiger partial charge < -0.3 is 15.2 Å². The van der Waals surface area contributed by atoms with Crippen molar-refractivity contribution in [3.63, 3.8) is 0 Å². The van der Waals surface area contributed by atoms with Crippen LogP contribution < -0.4 is 5.32 Å². The first-order chi connectivity index (χ1) is 6.88. The molecule has 0 aromatic heterocycles. The van der Waals surface area contributed by atoms with Gasteiger partial charge in [-0.3, -0.25) is 4.79 Å². The number of ether oxygens (including phenoxy) is 1. The fraction of sp³-hybridized carbons (Fsp3) is 0.600. The van der Waals surface area contributed by atoms with Crippen LogP contribution in [0.1, 0.15) is 20.8 Å². The summed E-state index contributed by atoms with van der Waals surface area (Å²) in [6, 6.07) is 0. The molecule has 5 nitrogen and oxygen atoms in total. The van der Waals surface area contributed by atoms with Crippen LogP contribution in [0.2, 0.25) is 0 Å². The highest BCUT2D eigenvalue weighted by Crippen LogP contribution is 1.99. The van der Waals surface area contributed by atoms with Crippen LogP contribution in [0, 0.1) is 0 Å². The van der Waals surface area contributed by atoms with E-state index in [0.29, 0.717) is 6.61 Å². The lowest BCUT2D eigenvalue weighted by atomic mass is 10.1. The minimum atomic E-state index is -1.40. The fourth-order valence-electron chi connectivity index (χ4n) is 0.713. The summed E-state index contributed by atoms with van der Waals surface area (Å²) < 4.78 is 4.63. The second kappa shape index (κ2) is 6.19. The van der Waals surface area contributed by atoms with Crippen molar-refractivity contribution in [3.05, 3.63) is 12.2 Å². The Bertz CT molecular complexity index is 253. The normalized spacial score (nSPS) is 11.5. The predicted molar refractivity (Wildman–Crippen MR) is 55.1 cm³/mol. The van der Waals surface area contributed by atoms with Gasteiger partial charge in [0.05, 0.1) is 6.61 Å². The number of amides is 1. The Kier molecular flexibility index (Phi) is 5.62. The van der Waals surface area contributed by atoms with E-state index in [1.165, 1.54) is 26.0 Å². The van der Waals surface area contributed by atoms with Crippen molar-refractivity contribution in [3.8, 4) is 0 Å². The number of carbonyl (C=O) groups is 2. The van der Waals surface area contributed by atoms with E-state index in [9.17, 15) is 14.7 Å². The van der Waals surface area contributed by atoms with E-state index in [2.05, 4.69) is 10.1 Å². The largest absolute Gasteiger partial charge is 0.463 e. The maximum Gasteiger partial charge on any atom is 0.330 e. The molecule has 0 unspecified atom stereocenters. The zero-order valence-electron chi connectivity index (χ0n) is 9.24. The summed E-state index contributed by atoms with van der Waals surface area (Å²) in [5.74, 6) is -0.939. The van der Waals surface area contributed by atoms with Gasteiger partial charge in [0.15, 0.2) is 0 Å². The quantitative estimate of drug-likeness (QED) is 0.499. The van der Waals surface area contributed by atoms with Crippen LogP contribution in [0.15, 0.2) is 12.2 Å². The third-order valence-electron chi connectivity index (χ3n) is 1.48. The molecule has 0 heterocycles. The standard InChI is InChI=1S/C10H17NO4/c1-4-15-8(12)6-5-7-11-9(13)10(2,3)14/h5-6,14H,4,7H2,1-3H3,(H,11,13)/b6-5+. The summed E-state index contributed by atoms with van der Waals surface area (Å²) in [5, 5.41) is 11.7. The van der Waals surface area contributed by atoms with Crippen LogP contribution in [0.3, 0.4) is 0 Å². The molecule has 86 valence electrons. The first-order valence-corrected chi connectivity index (χ1v) is 4.72. The Morgan fingerprint density at radius 2 is 2.07 bits per heavy atom. The summed E-state index contributed by atoms with van der Waals surface area (Å²) >= 11 is 0. The van der Waals surface area contributed by atoms with Gasteiger partial charge in [0.25, 0.3) is 5.91 Å². The lowest BCUT2D eigenvalue weighted by Gasteiger charge is -2.15. The van der Waals surface area contributed by atoms with E-state index < -0.39 is 17.5 Å². The Hall–Kier alpha value is -1.36. The molecule has 2 N–H and O–H groups in total. The summed E-state index contributed by atoms with van der Waals surface area (Å²) in [6.07, 6.45) is 2.69. The summed E-state index contributed by atoms with van der Waals surface area (Å²) in [4.78, 5) is 21.9. The average Bonchev–Trinajstić information content (AvgIpc) is 2.11. The average molecular weight is 215 g/mol. The molecule has 0 saturated carbocycles. The zero-order valence-corrected chi connectivity index (χ0v) is 9.24. The molecule has 0 aliphatic heterocycles. The zero-order chi connectivity index (χ0) is 11.9.